The van der Waals surface area contributed by atoms with E-state index in [1.807, 2.05) is 0 Å². The summed E-state index contributed by atoms with van der Waals surface area (Å²) in [5.74, 6) is -5.08. The average Bonchev–Trinajstić information content (AvgIpc) is 3.09. The van der Waals surface area contributed by atoms with E-state index in [4.69, 9.17) is 0 Å². The summed E-state index contributed by atoms with van der Waals surface area (Å²) in [6.45, 7) is 3.46. The maximum Gasteiger partial charge on any atom is 0.327 e. The highest BCUT2D eigenvalue weighted by atomic mass is 32.2. The molecule has 3 N–H and O–H groups in total. The SMILES string of the molecule is CC1(C)S[C@@H]2[C@H](N[13C](=O)[13CH](c3ccsc3)[13C](=O)O)C(=O)N2[C@H]1C(=O)O. The number of carbonyl (C=O) groups is 4. The zero-order valence-corrected chi connectivity index (χ0v) is 15.0. The first-order chi connectivity index (χ1) is 11.6. The molecule has 0 saturated carbocycles. The van der Waals surface area contributed by atoms with Crippen LogP contribution in [0.5, 0.6) is 0 Å². The molecular weight excluding hydrogens is 371 g/mol. The second-order valence-electron chi connectivity index (χ2n) is 6.41. The number of nitrogens with one attached hydrogen (secondary N) is 1. The van der Waals surface area contributed by atoms with Gasteiger partial charge in [0.15, 0.2) is 5.92 Å². The standard InChI is InChI=1S/C15H16N2O6S2/c1-15(2)9(14(22)23)17-11(19)8(12(17)25-15)16-10(18)7(13(20)21)6-3-4-24-5-6/h3-5,7-9,12H,1-2H3,(H,16,18)(H,20,21)(H,22,23)/t7?,8-,9+,12-/m1/s1/i7+1,10+1,13+1. The molecule has 8 nitrogen and oxygen atoms in total. The predicted molar refractivity (Wildman–Crippen MR) is 90.4 cm³/mol. The van der Waals surface area contributed by atoms with Crippen LogP contribution in [-0.2, 0) is 19.2 Å². The van der Waals surface area contributed by atoms with Crippen LogP contribution >= 0.6 is 23.1 Å². The van der Waals surface area contributed by atoms with E-state index in [9.17, 15) is 29.4 Å². The van der Waals surface area contributed by atoms with Gasteiger partial charge in [-0.1, -0.05) is 0 Å². The zero-order valence-electron chi connectivity index (χ0n) is 13.3. The van der Waals surface area contributed by atoms with E-state index in [2.05, 4.69) is 5.32 Å². The molecule has 2 aliphatic heterocycles. The number of hydrogen-bond donors (Lipinski definition) is 3. The number of nitrogens with zero attached hydrogens (tertiary/aromatic N) is 1. The predicted octanol–water partition coefficient (Wildman–Crippen LogP) is 0.548. The molecule has 2 saturated heterocycles. The first kappa shape index (κ1) is 17.7. The molecule has 2 amide bonds. The van der Waals surface area contributed by atoms with Crippen LogP contribution in [0.25, 0.3) is 0 Å². The Bertz CT molecular complexity index is 747. The molecule has 0 spiro atoms. The maximum absolute atomic E-state index is 12.4. The third-order valence-electron chi connectivity index (χ3n) is 4.36. The molecule has 0 aromatic carbocycles. The molecule has 4 atom stereocenters. The number of β-lactam (4-membered cyclic amide) rings is 1. The molecule has 1 aromatic heterocycles. The van der Waals surface area contributed by atoms with Crippen molar-refractivity contribution in [2.24, 2.45) is 0 Å². The van der Waals surface area contributed by atoms with Gasteiger partial charge in [0.05, 0.1) is 0 Å². The van der Waals surface area contributed by atoms with E-state index in [0.29, 0.717) is 5.56 Å². The lowest BCUT2D eigenvalue weighted by Gasteiger charge is -2.43. The molecule has 10 heteroatoms. The summed E-state index contributed by atoms with van der Waals surface area (Å²) in [6, 6.07) is -0.344. The third kappa shape index (κ3) is 2.78. The van der Waals surface area contributed by atoms with Gasteiger partial charge in [0.1, 0.15) is 17.5 Å². The van der Waals surface area contributed by atoms with Gasteiger partial charge < -0.3 is 20.4 Å². The summed E-state index contributed by atoms with van der Waals surface area (Å²) in [5, 5.41) is 23.9. The molecule has 0 bridgehead atoms. The average molecular weight is 387 g/mol. The van der Waals surface area contributed by atoms with Gasteiger partial charge in [-0.2, -0.15) is 11.3 Å². The molecule has 2 fully saturated rings. The summed E-state index contributed by atoms with van der Waals surface area (Å²) in [6.07, 6.45) is 0. The highest BCUT2D eigenvalue weighted by molar-refractivity contribution is 8.01. The number of carbonyl (C=O) groups excluding carboxylic acids is 2. The van der Waals surface area contributed by atoms with Crippen LogP contribution in [0.3, 0.4) is 0 Å². The molecule has 0 radical (unpaired) electrons. The first-order valence-corrected chi connectivity index (χ1v) is 9.25. The summed E-state index contributed by atoms with van der Waals surface area (Å²) >= 11 is 2.56. The molecule has 2 aliphatic rings. The monoisotopic (exact) mass is 387 g/mol. The molecular formula is C15H16N2O6S2. The third-order valence-corrected chi connectivity index (χ3v) is 6.63. The van der Waals surface area contributed by atoms with Crippen molar-refractivity contribution < 1.29 is 29.4 Å². The normalized spacial score (nSPS) is 28.0. The number of carboxylic acids is 2. The van der Waals surface area contributed by atoms with Crippen molar-refractivity contribution in [3.63, 3.8) is 0 Å². The van der Waals surface area contributed by atoms with E-state index < -0.39 is 51.9 Å². The first-order valence-electron chi connectivity index (χ1n) is 7.43. The Morgan fingerprint density at radius 1 is 1.32 bits per heavy atom. The molecule has 0 aliphatic carbocycles. The lowest BCUT2D eigenvalue weighted by atomic mass is 9.96. The van der Waals surface area contributed by atoms with E-state index >= 15 is 0 Å². The van der Waals surface area contributed by atoms with Crippen molar-refractivity contribution in [3.8, 4) is 0 Å². The fourth-order valence-corrected chi connectivity index (χ4v) is 5.54. The Hall–Kier alpha value is -2.07. The van der Waals surface area contributed by atoms with Crippen molar-refractivity contribution in [1.82, 2.24) is 10.2 Å². The molecule has 1 unspecified atom stereocenters. The highest BCUT2D eigenvalue weighted by Gasteiger charge is 2.64. The Morgan fingerprint density at radius 2 is 2.00 bits per heavy atom. The molecule has 134 valence electrons. The van der Waals surface area contributed by atoms with Crippen LogP contribution in [0.2, 0.25) is 0 Å². The minimum Gasteiger partial charge on any atom is -0.480 e. The molecule has 25 heavy (non-hydrogen) atoms. The Morgan fingerprint density at radius 3 is 2.52 bits per heavy atom. The zero-order chi connectivity index (χ0) is 18.5. The van der Waals surface area contributed by atoms with E-state index in [0.717, 1.165) is 0 Å². The number of carboxylic acid groups (broad SMARTS) is 2. The second kappa shape index (κ2) is 6.03. The quantitative estimate of drug-likeness (QED) is 0.383. The summed E-state index contributed by atoms with van der Waals surface area (Å²) in [4.78, 5) is 48.9. The maximum atomic E-state index is 12.4. The van der Waals surface area contributed by atoms with Gasteiger partial charge in [-0.25, -0.2) is 4.79 Å². The number of aliphatic carboxylic acids is 2. The van der Waals surface area contributed by atoms with Gasteiger partial charge >= 0.3 is 11.9 Å². The van der Waals surface area contributed by atoms with Crippen LogP contribution in [0.15, 0.2) is 16.8 Å². The number of hydrogen-bond acceptors (Lipinski definition) is 6. The van der Waals surface area contributed by atoms with E-state index in [1.165, 1.54) is 28.0 Å². The van der Waals surface area contributed by atoms with Gasteiger partial charge in [-0.05, 0) is 36.2 Å². The van der Waals surface area contributed by atoms with Crippen LogP contribution < -0.4 is 5.32 Å². The van der Waals surface area contributed by atoms with Crippen LogP contribution in [-0.4, -0.2) is 61.1 Å². The molecule has 3 rings (SSSR count). The van der Waals surface area contributed by atoms with Gasteiger partial charge in [-0.15, -0.1) is 11.8 Å². The largest absolute Gasteiger partial charge is 0.480 e. The van der Waals surface area contributed by atoms with Crippen molar-refractivity contribution in [2.75, 3.05) is 0 Å². The minimum atomic E-state index is -1.40. The number of amides is 2. The van der Waals surface area contributed by atoms with Crippen molar-refractivity contribution in [1.29, 1.82) is 0 Å². The van der Waals surface area contributed by atoms with Gasteiger partial charge in [-0.3, -0.25) is 14.4 Å². The summed E-state index contributed by atoms with van der Waals surface area (Å²) in [7, 11) is 0. The van der Waals surface area contributed by atoms with Gasteiger partial charge in [0.25, 0.3) is 0 Å². The van der Waals surface area contributed by atoms with E-state index in [1.54, 1.807) is 30.7 Å². The minimum absolute atomic E-state index is 0.349. The number of thiophene rings is 1. The Labute approximate surface area is 151 Å². The number of fused-ring (bicyclic) bond motifs is 1. The summed E-state index contributed by atoms with van der Waals surface area (Å²) in [5.41, 5.74) is 0.349. The van der Waals surface area contributed by atoms with Crippen LogP contribution in [0.4, 0.5) is 0 Å². The van der Waals surface area contributed by atoms with Gasteiger partial charge in [0, 0.05) is 4.75 Å². The summed E-state index contributed by atoms with van der Waals surface area (Å²) < 4.78 is -0.703. The lowest BCUT2D eigenvalue weighted by Crippen LogP contribution is -2.71. The molecule has 3 heterocycles. The number of rotatable bonds is 5. The van der Waals surface area contributed by atoms with E-state index in [-0.39, 0.29) is 0 Å². The van der Waals surface area contributed by atoms with Crippen molar-refractivity contribution in [2.45, 2.75) is 42.0 Å². The second-order valence-corrected chi connectivity index (χ2v) is 8.96. The van der Waals surface area contributed by atoms with Crippen LogP contribution in [0, 0.1) is 0 Å². The smallest absolute Gasteiger partial charge is 0.327 e. The van der Waals surface area contributed by atoms with Crippen LogP contribution in [0.1, 0.15) is 25.3 Å². The fourth-order valence-electron chi connectivity index (χ4n) is 3.23. The van der Waals surface area contributed by atoms with Gasteiger partial charge in [0.2, 0.25) is 11.8 Å². The van der Waals surface area contributed by atoms with Crippen molar-refractivity contribution in [3.05, 3.63) is 22.4 Å². The Balaban J connectivity index is 1.77. The highest BCUT2D eigenvalue weighted by Crippen LogP contribution is 2.50. The van der Waals surface area contributed by atoms with Crippen molar-refractivity contribution >= 4 is 46.9 Å². The number of thioether (sulfide) groups is 1. The topological polar surface area (TPSA) is 124 Å². The fraction of sp³-hybridized carbons (Fsp3) is 0.467. The lowest BCUT2D eigenvalue weighted by molar-refractivity contribution is -0.161. The Kier molecular flexibility index (Phi) is 4.28. The molecule has 1 aromatic rings.